The summed E-state index contributed by atoms with van der Waals surface area (Å²) in [5, 5.41) is 17.5. The van der Waals surface area contributed by atoms with E-state index in [1.165, 1.54) is 11.1 Å². The normalized spacial score (nSPS) is 20.9. The van der Waals surface area contributed by atoms with E-state index in [2.05, 4.69) is 39.8 Å². The number of nitrogens with zero attached hydrogens (tertiary/aromatic N) is 1. The van der Waals surface area contributed by atoms with Crippen molar-refractivity contribution >= 4 is 5.71 Å². The summed E-state index contributed by atoms with van der Waals surface area (Å²) >= 11 is 0. The molecular formula is C17H26N2. The van der Waals surface area contributed by atoms with Gasteiger partial charge in [-0.1, -0.05) is 32.4 Å². The van der Waals surface area contributed by atoms with Crippen LogP contribution >= 0.6 is 0 Å². The maximum absolute atomic E-state index is 9.45. The molecule has 0 saturated carbocycles. The zero-order valence-corrected chi connectivity index (χ0v) is 12.9. The molecule has 1 N–H and O–H groups in total. The van der Waals surface area contributed by atoms with Crippen LogP contribution < -0.4 is 0 Å². The minimum absolute atomic E-state index is 0.147. The average Bonchev–Trinajstić information content (AvgIpc) is 2.35. The van der Waals surface area contributed by atoms with Crippen LogP contribution in [0.3, 0.4) is 0 Å². The summed E-state index contributed by atoms with van der Waals surface area (Å²) in [7, 11) is 0. The molecule has 0 fully saturated rings. The Morgan fingerprint density at radius 2 is 2.11 bits per heavy atom. The highest BCUT2D eigenvalue weighted by Crippen LogP contribution is 2.41. The molecule has 1 atom stereocenters. The molecule has 0 aromatic heterocycles. The van der Waals surface area contributed by atoms with E-state index in [9.17, 15) is 5.26 Å². The van der Waals surface area contributed by atoms with Crippen LogP contribution in [0.1, 0.15) is 60.3 Å². The third-order valence-electron chi connectivity index (χ3n) is 4.09. The van der Waals surface area contributed by atoms with Crippen molar-refractivity contribution in [2.75, 3.05) is 0 Å². The van der Waals surface area contributed by atoms with Crippen molar-refractivity contribution in [3.63, 3.8) is 0 Å². The Hall–Kier alpha value is -1.36. The first kappa shape index (κ1) is 15.7. The summed E-state index contributed by atoms with van der Waals surface area (Å²) < 4.78 is 0. The molecule has 0 saturated heterocycles. The Morgan fingerprint density at radius 1 is 1.47 bits per heavy atom. The predicted octanol–water partition coefficient (Wildman–Crippen LogP) is 5.03. The summed E-state index contributed by atoms with van der Waals surface area (Å²) in [6.07, 6.45) is 6.04. The maximum Gasteiger partial charge on any atom is 0.0862 e. The van der Waals surface area contributed by atoms with Gasteiger partial charge in [-0.15, -0.1) is 0 Å². The second-order valence-corrected chi connectivity index (χ2v) is 6.44. The minimum Gasteiger partial charge on any atom is -0.305 e. The lowest BCUT2D eigenvalue weighted by atomic mass is 9.70. The molecule has 1 unspecified atom stereocenters. The number of allylic oxidation sites excluding steroid dienone is 4. The van der Waals surface area contributed by atoms with E-state index in [1.54, 1.807) is 0 Å². The smallest absolute Gasteiger partial charge is 0.0862 e. The number of rotatable bonds is 4. The third kappa shape index (κ3) is 4.06. The second kappa shape index (κ2) is 6.19. The highest BCUT2D eigenvalue weighted by Gasteiger charge is 2.30. The van der Waals surface area contributed by atoms with Gasteiger partial charge < -0.3 is 5.41 Å². The Balaban J connectivity index is 3.19. The molecule has 2 heteroatoms. The highest BCUT2D eigenvalue weighted by atomic mass is 14.4. The number of nitrogens with one attached hydrogen (secondary N) is 1. The SMILES string of the molecule is CCC(C)=CC(C#N)C1=C(C(C)=N)CC(C)(C)CC1. The van der Waals surface area contributed by atoms with Gasteiger partial charge >= 0.3 is 0 Å². The molecule has 0 amide bonds. The van der Waals surface area contributed by atoms with Crippen LogP contribution in [0.2, 0.25) is 0 Å². The first-order valence-electron chi connectivity index (χ1n) is 7.15. The second-order valence-electron chi connectivity index (χ2n) is 6.44. The van der Waals surface area contributed by atoms with E-state index in [0.717, 1.165) is 31.3 Å². The van der Waals surface area contributed by atoms with E-state index < -0.39 is 0 Å². The van der Waals surface area contributed by atoms with Crippen LogP contribution in [0.4, 0.5) is 0 Å². The van der Waals surface area contributed by atoms with Gasteiger partial charge in [0.05, 0.1) is 12.0 Å². The Bertz CT molecular complexity index is 458. The minimum atomic E-state index is -0.147. The van der Waals surface area contributed by atoms with E-state index in [1.807, 2.05) is 6.92 Å². The molecule has 1 rings (SSSR count). The first-order valence-corrected chi connectivity index (χ1v) is 7.15. The van der Waals surface area contributed by atoms with Crippen LogP contribution in [-0.4, -0.2) is 5.71 Å². The number of hydrogen-bond donors (Lipinski definition) is 1. The van der Waals surface area contributed by atoms with Crippen molar-refractivity contribution in [1.29, 1.82) is 10.7 Å². The molecule has 19 heavy (non-hydrogen) atoms. The van der Waals surface area contributed by atoms with Crippen LogP contribution in [0, 0.1) is 28.1 Å². The molecule has 0 aromatic carbocycles. The summed E-state index contributed by atoms with van der Waals surface area (Å²) in [4.78, 5) is 0. The fourth-order valence-corrected chi connectivity index (χ4v) is 2.64. The van der Waals surface area contributed by atoms with Gasteiger partial charge in [0.25, 0.3) is 0 Å². The lowest BCUT2D eigenvalue weighted by Crippen LogP contribution is -2.23. The third-order valence-corrected chi connectivity index (χ3v) is 4.09. The molecule has 2 nitrogen and oxygen atoms in total. The molecule has 0 bridgehead atoms. The maximum atomic E-state index is 9.45. The molecule has 104 valence electrons. The summed E-state index contributed by atoms with van der Waals surface area (Å²) in [5.74, 6) is -0.147. The van der Waals surface area contributed by atoms with Crippen molar-refractivity contribution in [3.8, 4) is 6.07 Å². The fraction of sp³-hybridized carbons (Fsp3) is 0.647. The van der Waals surface area contributed by atoms with Crippen molar-refractivity contribution in [3.05, 3.63) is 22.8 Å². The molecule has 0 spiro atoms. The molecule has 1 aliphatic carbocycles. The lowest BCUT2D eigenvalue weighted by Gasteiger charge is -2.34. The van der Waals surface area contributed by atoms with Crippen LogP contribution in [-0.2, 0) is 0 Å². The highest BCUT2D eigenvalue weighted by molar-refractivity contribution is 5.96. The Morgan fingerprint density at radius 3 is 2.58 bits per heavy atom. The molecule has 1 aliphatic rings. The van der Waals surface area contributed by atoms with Crippen molar-refractivity contribution in [2.24, 2.45) is 11.3 Å². The Labute approximate surface area is 117 Å². The van der Waals surface area contributed by atoms with E-state index in [0.29, 0.717) is 5.71 Å². The predicted molar refractivity (Wildman–Crippen MR) is 81.2 cm³/mol. The van der Waals surface area contributed by atoms with Gasteiger partial charge in [0, 0.05) is 5.71 Å². The van der Waals surface area contributed by atoms with Crippen LogP contribution in [0.5, 0.6) is 0 Å². The monoisotopic (exact) mass is 258 g/mol. The first-order chi connectivity index (χ1) is 8.80. The van der Waals surface area contributed by atoms with Gasteiger partial charge in [0.15, 0.2) is 0 Å². The molecule has 0 heterocycles. The van der Waals surface area contributed by atoms with Crippen molar-refractivity contribution < 1.29 is 0 Å². The van der Waals surface area contributed by atoms with Crippen LogP contribution in [0.25, 0.3) is 0 Å². The van der Waals surface area contributed by atoms with Crippen molar-refractivity contribution in [2.45, 2.75) is 60.3 Å². The number of hydrogen-bond acceptors (Lipinski definition) is 2. The standard InChI is InChI=1S/C17H26N2/c1-6-12(2)9-14(11-18)15-7-8-17(4,5)10-16(15)13(3)19/h9,14,19H,6-8,10H2,1-5H3. The molecule has 0 radical (unpaired) electrons. The zero-order valence-electron chi connectivity index (χ0n) is 12.9. The quantitative estimate of drug-likeness (QED) is 0.558. The van der Waals surface area contributed by atoms with Gasteiger partial charge in [-0.3, -0.25) is 0 Å². The van der Waals surface area contributed by atoms with E-state index >= 15 is 0 Å². The fourth-order valence-electron chi connectivity index (χ4n) is 2.64. The van der Waals surface area contributed by atoms with Gasteiger partial charge in [-0.25, -0.2) is 0 Å². The van der Waals surface area contributed by atoms with Gasteiger partial charge in [0.2, 0.25) is 0 Å². The lowest BCUT2D eigenvalue weighted by molar-refractivity contribution is 0.315. The number of nitriles is 1. The summed E-state index contributed by atoms with van der Waals surface area (Å²) in [6.45, 7) is 10.5. The molecular weight excluding hydrogens is 232 g/mol. The van der Waals surface area contributed by atoms with E-state index in [4.69, 9.17) is 5.41 Å². The molecule has 0 aliphatic heterocycles. The Kier molecular flexibility index (Phi) is 5.11. The zero-order chi connectivity index (χ0) is 14.6. The van der Waals surface area contributed by atoms with E-state index in [-0.39, 0.29) is 11.3 Å². The van der Waals surface area contributed by atoms with Crippen molar-refractivity contribution in [1.82, 2.24) is 0 Å². The summed E-state index contributed by atoms with van der Waals surface area (Å²) in [6, 6.07) is 2.42. The summed E-state index contributed by atoms with van der Waals surface area (Å²) in [5.41, 5.74) is 4.44. The topological polar surface area (TPSA) is 47.6 Å². The van der Waals surface area contributed by atoms with Gasteiger partial charge in [-0.05, 0) is 56.1 Å². The van der Waals surface area contributed by atoms with Crippen LogP contribution in [0.15, 0.2) is 22.8 Å². The van der Waals surface area contributed by atoms with Gasteiger partial charge in [-0.2, -0.15) is 5.26 Å². The molecule has 0 aromatic rings. The average molecular weight is 258 g/mol. The van der Waals surface area contributed by atoms with Gasteiger partial charge in [0.1, 0.15) is 0 Å². The largest absolute Gasteiger partial charge is 0.305 e.